The summed E-state index contributed by atoms with van der Waals surface area (Å²) in [5, 5.41) is 9.62. The lowest BCUT2D eigenvalue weighted by Crippen LogP contribution is -2.60. The fraction of sp³-hybridized carbons (Fsp3) is 0.619. The van der Waals surface area contributed by atoms with Gasteiger partial charge in [0.1, 0.15) is 6.04 Å². The Bertz CT molecular complexity index is 687. The summed E-state index contributed by atoms with van der Waals surface area (Å²) >= 11 is 0. The van der Waals surface area contributed by atoms with Gasteiger partial charge in [-0.3, -0.25) is 4.79 Å². The number of nitrogens with zero attached hydrogens (tertiary/aromatic N) is 1. The summed E-state index contributed by atoms with van der Waals surface area (Å²) in [5.74, 6) is -0.00457. The molecule has 6 heteroatoms. The zero-order valence-electron chi connectivity index (χ0n) is 15.9. The quantitative estimate of drug-likeness (QED) is 0.763. The Morgan fingerprint density at radius 3 is 2.70 bits per heavy atom. The Hall–Kier alpha value is -2.08. The molecule has 3 N–H and O–H groups in total. The smallest absolute Gasteiger partial charge is 0.317 e. The summed E-state index contributed by atoms with van der Waals surface area (Å²) in [6.45, 7) is 1.73. The fourth-order valence-corrected chi connectivity index (χ4v) is 4.62. The summed E-state index contributed by atoms with van der Waals surface area (Å²) < 4.78 is 0. The van der Waals surface area contributed by atoms with Crippen molar-refractivity contribution in [2.45, 2.75) is 63.1 Å². The molecule has 3 aliphatic rings. The molecular weight excluding hydrogens is 340 g/mol. The summed E-state index contributed by atoms with van der Waals surface area (Å²) in [6.07, 6.45) is 7.68. The van der Waals surface area contributed by atoms with Crippen molar-refractivity contribution in [3.05, 3.63) is 35.4 Å². The van der Waals surface area contributed by atoms with Crippen molar-refractivity contribution in [1.82, 2.24) is 20.9 Å². The molecule has 0 aromatic heterocycles. The maximum Gasteiger partial charge on any atom is 0.317 e. The highest BCUT2D eigenvalue weighted by atomic mass is 16.2. The average molecular weight is 370 g/mol. The minimum Gasteiger partial charge on any atom is -0.348 e. The van der Waals surface area contributed by atoms with Gasteiger partial charge < -0.3 is 20.9 Å². The van der Waals surface area contributed by atoms with Gasteiger partial charge in [0, 0.05) is 25.7 Å². The molecule has 0 spiro atoms. The number of fused-ring (bicyclic) bond motifs is 1. The molecule has 6 nitrogen and oxygen atoms in total. The molecule has 2 fully saturated rings. The molecule has 1 saturated heterocycles. The predicted molar refractivity (Wildman–Crippen MR) is 104 cm³/mol. The predicted octanol–water partition coefficient (Wildman–Crippen LogP) is 2.11. The molecule has 146 valence electrons. The third-order valence-corrected chi connectivity index (χ3v) is 6.15. The highest BCUT2D eigenvalue weighted by Gasteiger charge is 2.31. The average Bonchev–Trinajstić information content (AvgIpc) is 3.21. The number of hydrogen-bond acceptors (Lipinski definition) is 3. The molecule has 1 aromatic rings. The zero-order chi connectivity index (χ0) is 18.6. The molecule has 4 rings (SSSR count). The van der Waals surface area contributed by atoms with Gasteiger partial charge in [-0.1, -0.05) is 37.1 Å². The van der Waals surface area contributed by atoms with Crippen molar-refractivity contribution in [2.24, 2.45) is 0 Å². The molecule has 1 saturated carbocycles. The van der Waals surface area contributed by atoms with Crippen LogP contribution in [0.3, 0.4) is 0 Å². The lowest BCUT2D eigenvalue weighted by molar-refractivity contribution is -0.124. The Labute approximate surface area is 161 Å². The van der Waals surface area contributed by atoms with Gasteiger partial charge >= 0.3 is 6.03 Å². The molecule has 2 unspecified atom stereocenters. The number of amides is 3. The van der Waals surface area contributed by atoms with E-state index in [-0.39, 0.29) is 24.0 Å². The molecule has 2 aliphatic carbocycles. The lowest BCUT2D eigenvalue weighted by Gasteiger charge is -2.35. The number of nitrogens with one attached hydrogen (secondary N) is 3. The Kier molecular flexibility index (Phi) is 5.62. The molecule has 1 heterocycles. The first-order chi connectivity index (χ1) is 13.2. The van der Waals surface area contributed by atoms with E-state index in [1.807, 2.05) is 6.07 Å². The van der Waals surface area contributed by atoms with E-state index in [0.717, 1.165) is 32.1 Å². The summed E-state index contributed by atoms with van der Waals surface area (Å²) in [4.78, 5) is 27.2. The van der Waals surface area contributed by atoms with E-state index in [2.05, 4.69) is 34.1 Å². The first kappa shape index (κ1) is 18.3. The minimum atomic E-state index is -0.345. The minimum absolute atomic E-state index is 0.00457. The zero-order valence-corrected chi connectivity index (χ0v) is 15.9. The maximum atomic E-state index is 12.9. The van der Waals surface area contributed by atoms with Crippen LogP contribution in [0.5, 0.6) is 0 Å². The number of piperazine rings is 1. The Morgan fingerprint density at radius 2 is 1.85 bits per heavy atom. The van der Waals surface area contributed by atoms with Crippen molar-refractivity contribution in [2.75, 3.05) is 19.6 Å². The number of aryl methyl sites for hydroxylation is 1. The van der Waals surface area contributed by atoms with Gasteiger partial charge in [-0.2, -0.15) is 0 Å². The van der Waals surface area contributed by atoms with Gasteiger partial charge in [-0.25, -0.2) is 4.79 Å². The molecule has 1 aromatic carbocycles. The normalized spacial score (nSPS) is 25.7. The SMILES string of the molecule is O=C(NC1CCCc2ccccc21)C1CN(C(=O)NC2CCCC2)CCN1. The number of rotatable bonds is 3. The van der Waals surface area contributed by atoms with Crippen LogP contribution >= 0.6 is 0 Å². The molecule has 27 heavy (non-hydrogen) atoms. The van der Waals surface area contributed by atoms with Crippen LogP contribution in [0.2, 0.25) is 0 Å². The largest absolute Gasteiger partial charge is 0.348 e. The monoisotopic (exact) mass is 370 g/mol. The van der Waals surface area contributed by atoms with Crippen molar-refractivity contribution in [3.63, 3.8) is 0 Å². The van der Waals surface area contributed by atoms with Gasteiger partial charge in [0.15, 0.2) is 0 Å². The van der Waals surface area contributed by atoms with E-state index in [4.69, 9.17) is 0 Å². The van der Waals surface area contributed by atoms with Crippen LogP contribution in [0.4, 0.5) is 4.79 Å². The Balaban J connectivity index is 1.34. The van der Waals surface area contributed by atoms with Crippen molar-refractivity contribution < 1.29 is 9.59 Å². The number of benzene rings is 1. The number of urea groups is 1. The van der Waals surface area contributed by atoms with E-state index in [1.165, 1.54) is 24.0 Å². The van der Waals surface area contributed by atoms with Crippen molar-refractivity contribution >= 4 is 11.9 Å². The van der Waals surface area contributed by atoms with E-state index in [0.29, 0.717) is 25.7 Å². The number of hydrogen-bond donors (Lipinski definition) is 3. The van der Waals surface area contributed by atoms with Gasteiger partial charge in [-0.15, -0.1) is 0 Å². The van der Waals surface area contributed by atoms with Crippen LogP contribution in [0.15, 0.2) is 24.3 Å². The van der Waals surface area contributed by atoms with Gasteiger partial charge in [0.05, 0.1) is 6.04 Å². The van der Waals surface area contributed by atoms with Crippen LogP contribution in [0.1, 0.15) is 55.7 Å². The molecule has 2 atom stereocenters. The molecule has 1 aliphatic heterocycles. The van der Waals surface area contributed by atoms with Crippen LogP contribution in [0.25, 0.3) is 0 Å². The van der Waals surface area contributed by atoms with Crippen LogP contribution in [0, 0.1) is 0 Å². The highest BCUT2D eigenvalue weighted by molar-refractivity contribution is 5.84. The van der Waals surface area contributed by atoms with Gasteiger partial charge in [0.25, 0.3) is 0 Å². The fourth-order valence-electron chi connectivity index (χ4n) is 4.62. The third kappa shape index (κ3) is 4.26. The second-order valence-corrected chi connectivity index (χ2v) is 8.04. The van der Waals surface area contributed by atoms with E-state index in [1.54, 1.807) is 4.90 Å². The number of carbonyl (C=O) groups excluding carboxylic acids is 2. The highest BCUT2D eigenvalue weighted by Crippen LogP contribution is 2.29. The molecule has 3 amide bonds. The number of carbonyl (C=O) groups is 2. The second kappa shape index (κ2) is 8.30. The maximum absolute atomic E-state index is 12.9. The van der Waals surface area contributed by atoms with Crippen molar-refractivity contribution in [1.29, 1.82) is 0 Å². The molecular formula is C21H30N4O2. The van der Waals surface area contributed by atoms with E-state index >= 15 is 0 Å². The van der Waals surface area contributed by atoms with Gasteiger partial charge in [-0.05, 0) is 43.2 Å². The second-order valence-electron chi connectivity index (χ2n) is 8.04. The first-order valence-electron chi connectivity index (χ1n) is 10.4. The van der Waals surface area contributed by atoms with Crippen molar-refractivity contribution in [3.8, 4) is 0 Å². The van der Waals surface area contributed by atoms with Crippen LogP contribution < -0.4 is 16.0 Å². The summed E-state index contributed by atoms with van der Waals surface area (Å²) in [6, 6.07) is 8.39. The summed E-state index contributed by atoms with van der Waals surface area (Å²) in [5.41, 5.74) is 2.58. The Morgan fingerprint density at radius 1 is 1.04 bits per heavy atom. The van der Waals surface area contributed by atoms with Crippen LogP contribution in [-0.2, 0) is 11.2 Å². The standard InChI is InChI=1S/C21H30N4O2/c26-20(24-18-11-5-7-15-6-1-4-10-17(15)18)19-14-25(13-12-22-19)21(27)23-16-8-2-3-9-16/h1,4,6,10,16,18-19,22H,2-3,5,7-9,11-14H2,(H,23,27)(H,24,26). The van der Waals surface area contributed by atoms with Gasteiger partial charge in [0.2, 0.25) is 5.91 Å². The molecule has 0 radical (unpaired) electrons. The first-order valence-corrected chi connectivity index (χ1v) is 10.4. The van der Waals surface area contributed by atoms with E-state index in [9.17, 15) is 9.59 Å². The lowest BCUT2D eigenvalue weighted by atomic mass is 9.87. The topological polar surface area (TPSA) is 73.5 Å². The van der Waals surface area contributed by atoms with Crippen LogP contribution in [-0.4, -0.2) is 48.6 Å². The summed E-state index contributed by atoms with van der Waals surface area (Å²) in [7, 11) is 0. The van der Waals surface area contributed by atoms with E-state index < -0.39 is 0 Å². The third-order valence-electron chi connectivity index (χ3n) is 6.15. The molecule has 0 bridgehead atoms.